The van der Waals surface area contributed by atoms with Crippen LogP contribution in [-0.2, 0) is 4.79 Å². The van der Waals surface area contributed by atoms with Crippen molar-refractivity contribution in [2.75, 3.05) is 33.3 Å². The maximum atomic E-state index is 11.7. The number of amides is 2. The molecule has 1 aromatic carbocycles. The van der Waals surface area contributed by atoms with Crippen LogP contribution in [0.15, 0.2) is 30.3 Å². The first-order valence-electron chi connectivity index (χ1n) is 6.70. The van der Waals surface area contributed by atoms with E-state index in [0.29, 0.717) is 18.9 Å². The van der Waals surface area contributed by atoms with Gasteiger partial charge in [0.25, 0.3) is 0 Å². The van der Waals surface area contributed by atoms with E-state index in [4.69, 9.17) is 9.84 Å². The monoisotopic (exact) mass is 290 g/mol. The van der Waals surface area contributed by atoms with Crippen molar-refractivity contribution in [3.8, 4) is 5.75 Å². The van der Waals surface area contributed by atoms with Gasteiger partial charge < -0.3 is 19.6 Å². The predicted molar refractivity (Wildman–Crippen MR) is 78.2 cm³/mol. The minimum absolute atomic E-state index is 0.0350. The zero-order chi connectivity index (χ0) is 15.2. The number of hydrogen-bond acceptors (Lipinski definition) is 3. The zero-order valence-electron chi connectivity index (χ0n) is 11.9. The number of carbonyl (C=O) groups is 2. The summed E-state index contributed by atoms with van der Waals surface area (Å²) in [6, 6.07) is 7.15. The highest BCUT2D eigenvalue weighted by Gasteiger charge is 2.24. The molecule has 0 saturated carbocycles. The predicted octanol–water partition coefficient (Wildman–Crippen LogP) is 1.53. The van der Waals surface area contributed by atoms with Crippen molar-refractivity contribution < 1.29 is 19.4 Å². The van der Waals surface area contributed by atoms with E-state index < -0.39 is 5.97 Å². The fourth-order valence-electron chi connectivity index (χ4n) is 2.03. The summed E-state index contributed by atoms with van der Waals surface area (Å²) in [6.07, 6.45) is 2.61. The van der Waals surface area contributed by atoms with Crippen molar-refractivity contribution in [3.63, 3.8) is 0 Å². The third-order valence-corrected chi connectivity index (χ3v) is 3.23. The summed E-state index contributed by atoms with van der Waals surface area (Å²) >= 11 is 0. The highest BCUT2D eigenvalue weighted by atomic mass is 16.5. The maximum absolute atomic E-state index is 11.7. The third-order valence-electron chi connectivity index (χ3n) is 3.23. The Morgan fingerprint density at radius 1 is 1.33 bits per heavy atom. The van der Waals surface area contributed by atoms with E-state index in [1.807, 2.05) is 0 Å². The molecule has 21 heavy (non-hydrogen) atoms. The topological polar surface area (TPSA) is 70.1 Å². The van der Waals surface area contributed by atoms with Gasteiger partial charge in [-0.05, 0) is 23.8 Å². The van der Waals surface area contributed by atoms with Gasteiger partial charge in [0.1, 0.15) is 12.4 Å². The van der Waals surface area contributed by atoms with Crippen LogP contribution in [0.3, 0.4) is 0 Å². The molecular formula is C15H18N2O4. The first-order valence-corrected chi connectivity index (χ1v) is 6.70. The Hall–Kier alpha value is -2.50. The van der Waals surface area contributed by atoms with Gasteiger partial charge in [0.2, 0.25) is 0 Å². The molecule has 1 fully saturated rings. The minimum atomic E-state index is -0.976. The van der Waals surface area contributed by atoms with Crippen LogP contribution in [0.25, 0.3) is 6.08 Å². The Bertz CT molecular complexity index is 539. The summed E-state index contributed by atoms with van der Waals surface area (Å²) < 4.78 is 5.58. The Morgan fingerprint density at radius 3 is 2.62 bits per heavy atom. The highest BCUT2D eigenvalue weighted by molar-refractivity contribution is 5.85. The maximum Gasteiger partial charge on any atom is 0.328 e. The van der Waals surface area contributed by atoms with E-state index in [-0.39, 0.29) is 6.03 Å². The second kappa shape index (κ2) is 6.78. The number of carboxylic acid groups (broad SMARTS) is 1. The summed E-state index contributed by atoms with van der Waals surface area (Å²) in [5, 5.41) is 8.54. The van der Waals surface area contributed by atoms with Crippen LogP contribution in [0, 0.1) is 0 Å². The van der Waals surface area contributed by atoms with Crippen molar-refractivity contribution in [3.05, 3.63) is 35.9 Å². The van der Waals surface area contributed by atoms with Crippen LogP contribution >= 0.6 is 0 Å². The SMILES string of the molecule is CN1CCN(CCOc2ccc(C=CC(=O)O)cc2)C1=O. The van der Waals surface area contributed by atoms with Gasteiger partial charge in [-0.1, -0.05) is 12.1 Å². The Labute approximate surface area is 123 Å². The molecule has 0 aromatic heterocycles. The second-order valence-corrected chi connectivity index (χ2v) is 4.78. The molecule has 2 rings (SSSR count). The average Bonchev–Trinajstić information content (AvgIpc) is 2.78. The fourth-order valence-corrected chi connectivity index (χ4v) is 2.03. The van der Waals surface area contributed by atoms with E-state index in [9.17, 15) is 9.59 Å². The normalized spacial score (nSPS) is 15.0. The van der Waals surface area contributed by atoms with Crippen LogP contribution < -0.4 is 4.74 Å². The van der Waals surface area contributed by atoms with Crippen LogP contribution in [0.5, 0.6) is 5.75 Å². The van der Waals surface area contributed by atoms with Gasteiger partial charge in [-0.2, -0.15) is 0 Å². The fraction of sp³-hybridized carbons (Fsp3) is 0.333. The third kappa shape index (κ3) is 4.24. The molecule has 0 atom stereocenters. The number of aliphatic carboxylic acids is 1. The molecule has 2 amide bonds. The Balaban J connectivity index is 1.79. The summed E-state index contributed by atoms with van der Waals surface area (Å²) in [5.41, 5.74) is 0.793. The van der Waals surface area contributed by atoms with Gasteiger partial charge in [-0.15, -0.1) is 0 Å². The molecule has 0 radical (unpaired) electrons. The number of hydrogen-bond donors (Lipinski definition) is 1. The molecule has 1 N–H and O–H groups in total. The Morgan fingerprint density at radius 2 is 2.05 bits per heavy atom. The summed E-state index contributed by atoms with van der Waals surface area (Å²) in [4.78, 5) is 25.5. The molecule has 1 saturated heterocycles. The molecule has 0 aliphatic carbocycles. The molecule has 1 aliphatic rings. The second-order valence-electron chi connectivity index (χ2n) is 4.78. The summed E-state index contributed by atoms with van der Waals surface area (Å²) in [5.74, 6) is -0.280. The van der Waals surface area contributed by atoms with Gasteiger partial charge in [0, 0.05) is 26.2 Å². The van der Waals surface area contributed by atoms with E-state index in [0.717, 1.165) is 24.7 Å². The van der Waals surface area contributed by atoms with Crippen molar-refractivity contribution in [1.29, 1.82) is 0 Å². The number of benzene rings is 1. The van der Waals surface area contributed by atoms with Crippen molar-refractivity contribution in [1.82, 2.24) is 9.80 Å². The van der Waals surface area contributed by atoms with E-state index in [2.05, 4.69) is 0 Å². The average molecular weight is 290 g/mol. The van der Waals surface area contributed by atoms with Crippen LogP contribution in [0.4, 0.5) is 4.79 Å². The molecular weight excluding hydrogens is 272 g/mol. The zero-order valence-corrected chi connectivity index (χ0v) is 11.9. The molecule has 0 spiro atoms. The molecule has 6 nitrogen and oxygen atoms in total. The first-order chi connectivity index (χ1) is 10.1. The molecule has 0 bridgehead atoms. The van der Waals surface area contributed by atoms with E-state index in [1.165, 1.54) is 6.08 Å². The van der Waals surface area contributed by atoms with E-state index in [1.54, 1.807) is 41.1 Å². The lowest BCUT2D eigenvalue weighted by Gasteiger charge is -2.16. The lowest BCUT2D eigenvalue weighted by atomic mass is 10.2. The number of ether oxygens (including phenoxy) is 1. The molecule has 0 unspecified atom stereocenters. The number of urea groups is 1. The lowest BCUT2D eigenvalue weighted by molar-refractivity contribution is -0.131. The molecule has 1 heterocycles. The van der Waals surface area contributed by atoms with Gasteiger partial charge in [-0.3, -0.25) is 0 Å². The largest absolute Gasteiger partial charge is 0.492 e. The Kier molecular flexibility index (Phi) is 4.81. The smallest absolute Gasteiger partial charge is 0.328 e. The standard InChI is InChI=1S/C15H18N2O4/c1-16-8-9-17(15(16)20)10-11-21-13-5-2-12(3-6-13)4-7-14(18)19/h2-7H,8-11H2,1H3,(H,18,19). The number of nitrogens with zero attached hydrogens (tertiary/aromatic N) is 2. The molecule has 112 valence electrons. The molecule has 6 heteroatoms. The van der Waals surface area contributed by atoms with Crippen molar-refractivity contribution in [2.45, 2.75) is 0 Å². The van der Waals surface area contributed by atoms with Crippen LogP contribution in [-0.4, -0.2) is 60.2 Å². The van der Waals surface area contributed by atoms with Gasteiger partial charge >= 0.3 is 12.0 Å². The minimum Gasteiger partial charge on any atom is -0.492 e. The molecule has 1 aromatic rings. The quantitative estimate of drug-likeness (QED) is 0.807. The van der Waals surface area contributed by atoms with Crippen LogP contribution in [0.1, 0.15) is 5.56 Å². The molecule has 1 aliphatic heterocycles. The number of carbonyl (C=O) groups excluding carboxylic acids is 1. The highest BCUT2D eigenvalue weighted by Crippen LogP contribution is 2.13. The lowest BCUT2D eigenvalue weighted by Crippen LogP contribution is -2.32. The summed E-state index contributed by atoms with van der Waals surface area (Å²) in [6.45, 7) is 2.48. The van der Waals surface area contributed by atoms with Crippen LogP contribution in [0.2, 0.25) is 0 Å². The van der Waals surface area contributed by atoms with Gasteiger partial charge in [0.05, 0.1) is 6.54 Å². The van der Waals surface area contributed by atoms with Crippen molar-refractivity contribution >= 4 is 18.1 Å². The number of carboxylic acids is 1. The first kappa shape index (κ1) is 14.9. The van der Waals surface area contributed by atoms with Gasteiger partial charge in [-0.25, -0.2) is 9.59 Å². The number of rotatable bonds is 6. The van der Waals surface area contributed by atoms with Gasteiger partial charge in [0.15, 0.2) is 0 Å². The van der Waals surface area contributed by atoms with Crippen molar-refractivity contribution in [2.24, 2.45) is 0 Å². The number of likely N-dealkylation sites (N-methyl/N-ethyl adjacent to an activating group) is 1. The van der Waals surface area contributed by atoms with E-state index >= 15 is 0 Å². The summed E-state index contributed by atoms with van der Waals surface area (Å²) in [7, 11) is 1.78.